The summed E-state index contributed by atoms with van der Waals surface area (Å²) in [4.78, 5) is 2.53. The van der Waals surface area contributed by atoms with Crippen LogP contribution in [0.1, 0.15) is 36.9 Å². The quantitative estimate of drug-likeness (QED) is 0.878. The van der Waals surface area contributed by atoms with Gasteiger partial charge in [-0.1, -0.05) is 30.1 Å². The highest BCUT2D eigenvalue weighted by Crippen LogP contribution is 2.37. The molecule has 0 aliphatic carbocycles. The summed E-state index contributed by atoms with van der Waals surface area (Å²) in [5, 5.41) is 9.75. The van der Waals surface area contributed by atoms with E-state index in [9.17, 15) is 0 Å². The smallest absolute Gasteiger partial charge is 0.133 e. The van der Waals surface area contributed by atoms with E-state index in [1.165, 1.54) is 30.6 Å². The van der Waals surface area contributed by atoms with Gasteiger partial charge in [-0.05, 0) is 50.6 Å². The Morgan fingerprint density at radius 2 is 2.21 bits per heavy atom. The summed E-state index contributed by atoms with van der Waals surface area (Å²) in [6.07, 6.45) is 3.50. The topological polar surface area (TPSA) is 33.1 Å². The minimum absolute atomic E-state index is 0.514. The second kappa shape index (κ2) is 6.58. The molecule has 1 fully saturated rings. The fourth-order valence-corrected chi connectivity index (χ4v) is 4.41. The molecule has 4 nitrogen and oxygen atoms in total. The zero-order valence-corrected chi connectivity index (χ0v) is 15.4. The van der Waals surface area contributed by atoms with Crippen LogP contribution in [-0.4, -0.2) is 40.9 Å². The molecular formula is C18H22Cl2N4. The van der Waals surface area contributed by atoms with Crippen molar-refractivity contribution in [3.8, 4) is 5.69 Å². The van der Waals surface area contributed by atoms with Crippen LogP contribution in [0.3, 0.4) is 0 Å². The Morgan fingerprint density at radius 1 is 1.33 bits per heavy atom. The lowest BCUT2D eigenvalue weighted by atomic mass is 9.92. The zero-order valence-electron chi connectivity index (χ0n) is 13.9. The number of likely N-dealkylation sites (N-methyl/N-ethyl adjacent to an activating group) is 1. The van der Waals surface area contributed by atoms with Crippen LogP contribution in [0.5, 0.6) is 0 Å². The molecule has 0 amide bonds. The Hall–Kier alpha value is -1.23. The summed E-state index contributed by atoms with van der Waals surface area (Å²) >= 11 is 12.5. The summed E-state index contributed by atoms with van der Waals surface area (Å²) in [5.74, 6) is 1.61. The van der Waals surface area contributed by atoms with Crippen molar-refractivity contribution < 1.29 is 0 Å². The lowest BCUT2D eigenvalue weighted by molar-refractivity contribution is 0.215. The minimum Gasteiger partial charge on any atom is -0.369 e. The van der Waals surface area contributed by atoms with Gasteiger partial charge in [0.25, 0.3) is 0 Å². The standard InChI is InChI=1S/C18H22Cl2N4/c1-2-23-9-3-4-12(11-23)17-14-7-8-21-18(14)24(22-17)16-6-5-13(19)10-15(16)20/h5-6,10,12,21H,2-4,7-9,11H2,1H3. The van der Waals surface area contributed by atoms with Gasteiger partial charge in [0.1, 0.15) is 5.82 Å². The van der Waals surface area contributed by atoms with E-state index in [2.05, 4.69) is 17.1 Å². The molecule has 1 aromatic heterocycles. The summed E-state index contributed by atoms with van der Waals surface area (Å²) in [6.45, 7) is 6.63. The first-order valence-electron chi connectivity index (χ1n) is 8.70. The van der Waals surface area contributed by atoms with Crippen LogP contribution in [0.2, 0.25) is 10.0 Å². The van der Waals surface area contributed by atoms with Crippen molar-refractivity contribution in [1.29, 1.82) is 0 Å². The number of likely N-dealkylation sites (tertiary alicyclic amines) is 1. The largest absolute Gasteiger partial charge is 0.369 e. The van der Waals surface area contributed by atoms with Gasteiger partial charge in [0.15, 0.2) is 0 Å². The van der Waals surface area contributed by atoms with E-state index in [1.807, 2.05) is 16.8 Å². The summed E-state index contributed by atoms with van der Waals surface area (Å²) < 4.78 is 1.97. The van der Waals surface area contributed by atoms with Crippen molar-refractivity contribution in [1.82, 2.24) is 14.7 Å². The van der Waals surface area contributed by atoms with E-state index in [1.54, 1.807) is 6.07 Å². The molecule has 1 N–H and O–H groups in total. The average molecular weight is 365 g/mol. The first-order valence-corrected chi connectivity index (χ1v) is 9.46. The van der Waals surface area contributed by atoms with Gasteiger partial charge in [0.2, 0.25) is 0 Å². The highest BCUT2D eigenvalue weighted by Gasteiger charge is 2.30. The van der Waals surface area contributed by atoms with Crippen LogP contribution < -0.4 is 5.32 Å². The normalized spacial score (nSPS) is 20.9. The molecule has 4 rings (SSSR count). The molecular weight excluding hydrogens is 343 g/mol. The highest BCUT2D eigenvalue weighted by molar-refractivity contribution is 6.35. The van der Waals surface area contributed by atoms with E-state index >= 15 is 0 Å². The Labute approximate surface area is 152 Å². The number of benzene rings is 1. The van der Waals surface area contributed by atoms with Crippen molar-refractivity contribution in [2.24, 2.45) is 0 Å². The van der Waals surface area contributed by atoms with E-state index in [0.29, 0.717) is 16.0 Å². The average Bonchev–Trinajstić information content (AvgIpc) is 3.18. The van der Waals surface area contributed by atoms with Crippen molar-refractivity contribution in [3.63, 3.8) is 0 Å². The number of anilines is 1. The molecule has 128 valence electrons. The number of hydrogen-bond acceptors (Lipinski definition) is 3. The molecule has 0 spiro atoms. The van der Waals surface area contributed by atoms with Crippen LogP contribution in [0.4, 0.5) is 5.82 Å². The molecule has 1 aromatic carbocycles. The van der Waals surface area contributed by atoms with Crippen molar-refractivity contribution in [3.05, 3.63) is 39.5 Å². The first-order chi connectivity index (χ1) is 11.7. The SMILES string of the molecule is CCN1CCCC(c2nn(-c3ccc(Cl)cc3Cl)c3c2CCN3)C1. The number of piperidine rings is 1. The van der Waals surface area contributed by atoms with Gasteiger partial charge in [-0.15, -0.1) is 0 Å². The predicted molar refractivity (Wildman–Crippen MR) is 99.9 cm³/mol. The van der Waals surface area contributed by atoms with E-state index in [4.69, 9.17) is 28.3 Å². The van der Waals surface area contributed by atoms with Gasteiger partial charge in [-0.3, -0.25) is 0 Å². The molecule has 0 radical (unpaired) electrons. The third-order valence-electron chi connectivity index (χ3n) is 5.16. The fourth-order valence-electron chi connectivity index (χ4n) is 3.92. The molecule has 6 heteroatoms. The Morgan fingerprint density at radius 3 is 3.00 bits per heavy atom. The van der Waals surface area contributed by atoms with Gasteiger partial charge in [-0.25, -0.2) is 4.68 Å². The maximum atomic E-state index is 6.43. The van der Waals surface area contributed by atoms with E-state index < -0.39 is 0 Å². The fraction of sp³-hybridized carbons (Fsp3) is 0.500. The van der Waals surface area contributed by atoms with Gasteiger partial charge in [-0.2, -0.15) is 5.10 Å². The third kappa shape index (κ3) is 2.81. The number of fused-ring (bicyclic) bond motifs is 1. The van der Waals surface area contributed by atoms with Crippen LogP contribution in [0.25, 0.3) is 5.69 Å². The molecule has 1 unspecified atom stereocenters. The molecule has 2 aliphatic heterocycles. The molecule has 3 heterocycles. The van der Waals surface area contributed by atoms with Crippen LogP contribution >= 0.6 is 23.2 Å². The third-order valence-corrected chi connectivity index (χ3v) is 5.70. The lowest BCUT2D eigenvalue weighted by Gasteiger charge is -2.31. The van der Waals surface area contributed by atoms with Gasteiger partial charge in [0, 0.05) is 29.6 Å². The maximum absolute atomic E-state index is 6.43. The second-order valence-electron chi connectivity index (χ2n) is 6.63. The van der Waals surface area contributed by atoms with Crippen molar-refractivity contribution in [2.75, 3.05) is 31.5 Å². The number of hydrogen-bond donors (Lipinski definition) is 1. The molecule has 2 aromatic rings. The monoisotopic (exact) mass is 364 g/mol. The Balaban J connectivity index is 1.75. The number of nitrogens with one attached hydrogen (secondary N) is 1. The van der Waals surface area contributed by atoms with Crippen molar-refractivity contribution >= 4 is 29.0 Å². The maximum Gasteiger partial charge on any atom is 0.133 e. The number of aromatic nitrogens is 2. The summed E-state index contributed by atoms with van der Waals surface area (Å²) in [7, 11) is 0. The number of halogens is 2. The Bertz CT molecular complexity index is 756. The lowest BCUT2D eigenvalue weighted by Crippen LogP contribution is -2.34. The van der Waals surface area contributed by atoms with Crippen molar-refractivity contribution in [2.45, 2.75) is 32.1 Å². The van der Waals surface area contributed by atoms with Gasteiger partial charge >= 0.3 is 0 Å². The number of nitrogens with zero attached hydrogens (tertiary/aromatic N) is 3. The van der Waals surface area contributed by atoms with E-state index in [-0.39, 0.29) is 0 Å². The molecule has 0 bridgehead atoms. The van der Waals surface area contributed by atoms with Gasteiger partial charge in [0.05, 0.1) is 16.4 Å². The highest BCUT2D eigenvalue weighted by atomic mass is 35.5. The first kappa shape index (κ1) is 16.2. The summed E-state index contributed by atoms with van der Waals surface area (Å²) in [5.41, 5.74) is 3.50. The molecule has 24 heavy (non-hydrogen) atoms. The molecule has 1 saturated heterocycles. The molecule has 2 aliphatic rings. The van der Waals surface area contributed by atoms with Crippen LogP contribution in [0, 0.1) is 0 Å². The van der Waals surface area contributed by atoms with Crippen LogP contribution in [-0.2, 0) is 6.42 Å². The second-order valence-corrected chi connectivity index (χ2v) is 7.47. The van der Waals surface area contributed by atoms with E-state index in [0.717, 1.165) is 37.6 Å². The summed E-state index contributed by atoms with van der Waals surface area (Å²) in [6, 6.07) is 5.59. The predicted octanol–water partition coefficient (Wildman–Crippen LogP) is 4.35. The van der Waals surface area contributed by atoms with Gasteiger partial charge < -0.3 is 10.2 Å². The van der Waals surface area contributed by atoms with Crippen LogP contribution in [0.15, 0.2) is 18.2 Å². The minimum atomic E-state index is 0.514. The zero-order chi connectivity index (χ0) is 16.7. The Kier molecular flexibility index (Phi) is 4.46. The molecule has 1 atom stereocenters. The molecule has 0 saturated carbocycles. The number of rotatable bonds is 3.